The second-order valence-electron chi connectivity index (χ2n) is 11.7. The van der Waals surface area contributed by atoms with Crippen molar-refractivity contribution in [1.29, 1.82) is 0 Å². The summed E-state index contributed by atoms with van der Waals surface area (Å²) in [6.45, 7) is 0. The van der Waals surface area contributed by atoms with E-state index in [0.29, 0.717) is 5.65 Å². The maximum absolute atomic E-state index is 5.36. The molecule has 0 aliphatic rings. The lowest BCUT2D eigenvalue weighted by atomic mass is 10.0. The predicted molar refractivity (Wildman–Crippen MR) is 189 cm³/mol. The smallest absolute Gasteiger partial charge is 0.178 e. The maximum Gasteiger partial charge on any atom is 0.178 e. The van der Waals surface area contributed by atoms with Crippen molar-refractivity contribution >= 4 is 65.5 Å². The van der Waals surface area contributed by atoms with Crippen LogP contribution < -0.4 is 0 Å². The van der Waals surface area contributed by atoms with Gasteiger partial charge >= 0.3 is 0 Å². The average molecular weight is 588 g/mol. The van der Waals surface area contributed by atoms with E-state index >= 15 is 0 Å². The number of para-hydroxylation sites is 3. The number of fused-ring (bicyclic) bond motifs is 8. The predicted octanol–water partition coefficient (Wildman–Crippen LogP) is 10.0. The van der Waals surface area contributed by atoms with E-state index in [1.807, 2.05) is 12.1 Å². The molecular formula is C41H25N5. The van der Waals surface area contributed by atoms with Crippen LogP contribution in [0.3, 0.4) is 0 Å². The van der Waals surface area contributed by atoms with Gasteiger partial charge in [-0.1, -0.05) is 91.0 Å². The second kappa shape index (κ2) is 9.58. The average Bonchev–Trinajstić information content (AvgIpc) is 3.63. The highest BCUT2D eigenvalue weighted by Crippen LogP contribution is 2.42. The number of hydrogen-bond donors (Lipinski definition) is 0. The molecule has 0 fully saturated rings. The third kappa shape index (κ3) is 3.54. The van der Waals surface area contributed by atoms with Gasteiger partial charge in [0, 0.05) is 39.0 Å². The largest absolute Gasteiger partial charge is 0.309 e. The molecule has 0 N–H and O–H groups in total. The topological polar surface area (TPSA) is 48.5 Å². The maximum atomic E-state index is 5.36. The summed E-state index contributed by atoms with van der Waals surface area (Å²) in [5.74, 6) is 0.783. The molecule has 5 heteroatoms. The molecule has 0 amide bonds. The Balaban J connectivity index is 1.38. The number of aromatic nitrogens is 5. The number of benzene rings is 6. The van der Waals surface area contributed by atoms with Crippen molar-refractivity contribution in [3.63, 3.8) is 0 Å². The molecule has 4 aromatic heterocycles. The van der Waals surface area contributed by atoms with E-state index in [4.69, 9.17) is 9.97 Å². The van der Waals surface area contributed by atoms with E-state index in [2.05, 4.69) is 148 Å². The Morgan fingerprint density at radius 2 is 1.15 bits per heavy atom. The quantitative estimate of drug-likeness (QED) is 0.207. The summed E-state index contributed by atoms with van der Waals surface area (Å²) in [5, 5.41) is 7.07. The first-order valence-electron chi connectivity index (χ1n) is 15.5. The Morgan fingerprint density at radius 1 is 0.457 bits per heavy atom. The van der Waals surface area contributed by atoms with Gasteiger partial charge in [0.05, 0.1) is 22.1 Å². The van der Waals surface area contributed by atoms with Crippen LogP contribution in [-0.4, -0.2) is 24.1 Å². The molecule has 6 aromatic carbocycles. The van der Waals surface area contributed by atoms with Gasteiger partial charge in [0.2, 0.25) is 0 Å². The summed E-state index contributed by atoms with van der Waals surface area (Å²) in [4.78, 5) is 15.3. The van der Waals surface area contributed by atoms with Gasteiger partial charge in [-0.25, -0.2) is 15.0 Å². The lowest BCUT2D eigenvalue weighted by Crippen LogP contribution is -2.04. The summed E-state index contributed by atoms with van der Waals surface area (Å²) in [6, 6.07) is 51.3. The fourth-order valence-electron chi connectivity index (χ4n) is 7.18. The van der Waals surface area contributed by atoms with Crippen LogP contribution in [0.25, 0.3) is 88.3 Å². The fourth-order valence-corrected chi connectivity index (χ4v) is 7.18. The Kier molecular flexibility index (Phi) is 5.22. The zero-order chi connectivity index (χ0) is 30.2. The number of hydrogen-bond acceptors (Lipinski definition) is 3. The van der Waals surface area contributed by atoms with Crippen molar-refractivity contribution < 1.29 is 0 Å². The van der Waals surface area contributed by atoms with Gasteiger partial charge in [0.15, 0.2) is 11.5 Å². The minimum Gasteiger partial charge on any atom is -0.309 e. The zero-order valence-electron chi connectivity index (χ0n) is 24.7. The first-order valence-corrected chi connectivity index (χ1v) is 15.5. The van der Waals surface area contributed by atoms with Gasteiger partial charge in [-0.15, -0.1) is 0 Å². The Bertz CT molecular complexity index is 2810. The molecule has 0 unspecified atom stereocenters. The first kappa shape index (κ1) is 25.0. The van der Waals surface area contributed by atoms with Crippen molar-refractivity contribution in [2.45, 2.75) is 0 Å². The first-order chi connectivity index (χ1) is 22.8. The lowest BCUT2D eigenvalue weighted by Gasteiger charge is -2.15. The standard InChI is InChI=1S/C41H25N5/c1-2-14-28(15-3-1)45-35-21-9-7-17-30(35)38-31(18-10-22-36(38)45)39-41(43-33-19-11-23-42-40(33)44-39)46-34-20-8-6-16-29(34)32-24-26-12-4-5-13-27(26)25-37(32)46/h1-25H. The van der Waals surface area contributed by atoms with Crippen molar-refractivity contribution in [1.82, 2.24) is 24.1 Å². The van der Waals surface area contributed by atoms with Gasteiger partial charge in [0.1, 0.15) is 11.2 Å². The summed E-state index contributed by atoms with van der Waals surface area (Å²) in [6.07, 6.45) is 1.79. The van der Waals surface area contributed by atoms with Crippen molar-refractivity contribution in [3.05, 3.63) is 152 Å². The highest BCUT2D eigenvalue weighted by molar-refractivity contribution is 6.17. The van der Waals surface area contributed by atoms with Crippen molar-refractivity contribution in [2.75, 3.05) is 0 Å². The molecule has 0 radical (unpaired) electrons. The number of pyridine rings is 1. The Hall–Kier alpha value is -6.33. The van der Waals surface area contributed by atoms with E-state index < -0.39 is 0 Å². The van der Waals surface area contributed by atoms with Crippen molar-refractivity contribution in [3.8, 4) is 22.8 Å². The Labute approximate surface area is 263 Å². The fraction of sp³-hybridized carbons (Fsp3) is 0. The normalized spacial score (nSPS) is 11.9. The van der Waals surface area contributed by atoms with Crippen LogP contribution in [0.15, 0.2) is 152 Å². The molecule has 214 valence electrons. The highest BCUT2D eigenvalue weighted by atomic mass is 15.1. The Morgan fingerprint density at radius 3 is 2.00 bits per heavy atom. The molecule has 10 rings (SSSR count). The summed E-state index contributed by atoms with van der Waals surface area (Å²) < 4.78 is 4.63. The van der Waals surface area contributed by atoms with E-state index in [1.165, 1.54) is 26.9 Å². The third-order valence-corrected chi connectivity index (χ3v) is 9.14. The molecule has 0 saturated carbocycles. The van der Waals surface area contributed by atoms with E-state index in [9.17, 15) is 0 Å². The van der Waals surface area contributed by atoms with Gasteiger partial charge < -0.3 is 4.57 Å². The SMILES string of the molecule is c1ccc(-n2c3ccccc3c3c(-c4nc5ncccc5nc4-n4c5ccccc5c5cc6ccccc6cc54)cccc32)cc1. The van der Waals surface area contributed by atoms with Crippen LogP contribution in [0.4, 0.5) is 0 Å². The minimum atomic E-state index is 0.622. The van der Waals surface area contributed by atoms with E-state index in [-0.39, 0.29) is 0 Å². The molecular weight excluding hydrogens is 562 g/mol. The van der Waals surface area contributed by atoms with E-state index in [1.54, 1.807) is 6.20 Å². The second-order valence-corrected chi connectivity index (χ2v) is 11.7. The highest BCUT2D eigenvalue weighted by Gasteiger charge is 2.23. The van der Waals surface area contributed by atoms with Crippen LogP contribution >= 0.6 is 0 Å². The molecule has 0 saturated heterocycles. The van der Waals surface area contributed by atoms with Crippen LogP contribution in [0.1, 0.15) is 0 Å². The molecule has 0 bridgehead atoms. The molecule has 5 nitrogen and oxygen atoms in total. The van der Waals surface area contributed by atoms with Crippen LogP contribution in [0.2, 0.25) is 0 Å². The molecule has 0 aliphatic carbocycles. The molecule has 46 heavy (non-hydrogen) atoms. The molecule has 0 atom stereocenters. The molecule has 4 heterocycles. The summed E-state index contributed by atoms with van der Waals surface area (Å²) in [5.41, 5.74) is 8.76. The van der Waals surface area contributed by atoms with Gasteiger partial charge in [0.25, 0.3) is 0 Å². The van der Waals surface area contributed by atoms with Gasteiger partial charge in [-0.2, -0.15) is 0 Å². The lowest BCUT2D eigenvalue weighted by molar-refractivity contribution is 1.07. The van der Waals surface area contributed by atoms with Crippen LogP contribution in [0.5, 0.6) is 0 Å². The van der Waals surface area contributed by atoms with Crippen LogP contribution in [0, 0.1) is 0 Å². The van der Waals surface area contributed by atoms with Crippen molar-refractivity contribution in [2.24, 2.45) is 0 Å². The number of rotatable bonds is 3. The molecule has 10 aromatic rings. The zero-order valence-corrected chi connectivity index (χ0v) is 24.7. The number of nitrogens with zero attached hydrogens (tertiary/aromatic N) is 5. The van der Waals surface area contributed by atoms with Gasteiger partial charge in [-0.05, 0) is 65.4 Å². The minimum absolute atomic E-state index is 0.622. The third-order valence-electron chi connectivity index (χ3n) is 9.14. The van der Waals surface area contributed by atoms with Gasteiger partial charge in [-0.3, -0.25) is 4.57 Å². The monoisotopic (exact) mass is 587 g/mol. The molecule has 0 aliphatic heterocycles. The summed E-state index contributed by atoms with van der Waals surface area (Å²) in [7, 11) is 0. The summed E-state index contributed by atoms with van der Waals surface area (Å²) >= 11 is 0. The molecule has 0 spiro atoms. The van der Waals surface area contributed by atoms with E-state index in [0.717, 1.165) is 55.7 Å². The van der Waals surface area contributed by atoms with Crippen LogP contribution in [-0.2, 0) is 0 Å².